The average molecular weight is 336 g/mol. The van der Waals surface area contributed by atoms with Crippen LogP contribution in [0.3, 0.4) is 0 Å². The molecule has 1 nitrogen and oxygen atoms in total. The van der Waals surface area contributed by atoms with Gasteiger partial charge in [0.2, 0.25) is 0 Å². The van der Waals surface area contributed by atoms with Gasteiger partial charge >= 0.3 is 0 Å². The molecule has 138 valence electrons. The van der Waals surface area contributed by atoms with E-state index in [9.17, 15) is 4.39 Å². The van der Waals surface area contributed by atoms with Gasteiger partial charge in [0.1, 0.15) is 0 Å². The Morgan fingerprint density at radius 3 is 2.54 bits per heavy atom. The Hall–Kier alpha value is -1.05. The summed E-state index contributed by atoms with van der Waals surface area (Å²) in [7, 11) is 0. The highest BCUT2D eigenvalue weighted by molar-refractivity contribution is 5.16. The van der Waals surface area contributed by atoms with E-state index >= 15 is 0 Å². The van der Waals surface area contributed by atoms with Gasteiger partial charge in [-0.05, 0) is 43.7 Å². The summed E-state index contributed by atoms with van der Waals surface area (Å²) >= 11 is 0. The van der Waals surface area contributed by atoms with E-state index in [1.807, 2.05) is 6.08 Å². The quantitative estimate of drug-likeness (QED) is 0.296. The smallest absolute Gasteiger partial charge is 0.0953 e. The SMILES string of the molecule is C=CNCCC(CCC1CCCC1)C(C)(CF)C/C=C(\C=C)CC. The van der Waals surface area contributed by atoms with Gasteiger partial charge in [-0.3, -0.25) is 4.39 Å². The second-order valence-corrected chi connectivity index (χ2v) is 7.70. The Morgan fingerprint density at radius 2 is 2.00 bits per heavy atom. The van der Waals surface area contributed by atoms with Crippen molar-refractivity contribution in [3.63, 3.8) is 0 Å². The highest BCUT2D eigenvalue weighted by Gasteiger charge is 2.33. The molecule has 0 heterocycles. The maximum atomic E-state index is 14.1. The van der Waals surface area contributed by atoms with Crippen LogP contribution >= 0.6 is 0 Å². The van der Waals surface area contributed by atoms with Gasteiger partial charge in [-0.15, -0.1) is 0 Å². The van der Waals surface area contributed by atoms with E-state index in [1.165, 1.54) is 37.7 Å². The van der Waals surface area contributed by atoms with Crippen molar-refractivity contribution in [2.45, 2.75) is 71.6 Å². The predicted octanol–water partition coefficient (Wildman–Crippen LogP) is 6.58. The molecule has 1 rings (SSSR count). The molecular formula is C22H38FN. The van der Waals surface area contributed by atoms with E-state index < -0.39 is 0 Å². The van der Waals surface area contributed by atoms with Crippen LogP contribution in [0.2, 0.25) is 0 Å². The molecule has 0 saturated heterocycles. The zero-order valence-electron chi connectivity index (χ0n) is 16.0. The summed E-state index contributed by atoms with van der Waals surface area (Å²) in [6.45, 7) is 12.5. The molecule has 0 aromatic heterocycles. The molecule has 1 N–H and O–H groups in total. The largest absolute Gasteiger partial charge is 0.391 e. The lowest BCUT2D eigenvalue weighted by molar-refractivity contribution is 0.114. The van der Waals surface area contributed by atoms with Crippen LogP contribution < -0.4 is 5.32 Å². The molecule has 1 aliphatic carbocycles. The molecule has 0 aromatic carbocycles. The van der Waals surface area contributed by atoms with Crippen molar-refractivity contribution in [2.24, 2.45) is 17.3 Å². The monoisotopic (exact) mass is 335 g/mol. The molecule has 1 saturated carbocycles. The first-order valence-corrected chi connectivity index (χ1v) is 9.81. The fourth-order valence-corrected chi connectivity index (χ4v) is 4.00. The van der Waals surface area contributed by atoms with Crippen LogP contribution in [0.5, 0.6) is 0 Å². The minimum absolute atomic E-state index is 0.249. The van der Waals surface area contributed by atoms with Crippen LogP contribution in [0.1, 0.15) is 71.6 Å². The maximum Gasteiger partial charge on any atom is 0.0953 e. The summed E-state index contributed by atoms with van der Waals surface area (Å²) in [6.07, 6.45) is 16.6. The lowest BCUT2D eigenvalue weighted by Gasteiger charge is -2.36. The van der Waals surface area contributed by atoms with E-state index in [0.29, 0.717) is 5.92 Å². The van der Waals surface area contributed by atoms with Crippen molar-refractivity contribution >= 4 is 0 Å². The summed E-state index contributed by atoms with van der Waals surface area (Å²) in [4.78, 5) is 0. The Morgan fingerprint density at radius 1 is 1.29 bits per heavy atom. The van der Waals surface area contributed by atoms with E-state index in [2.05, 4.69) is 38.4 Å². The molecule has 0 aromatic rings. The molecule has 0 aliphatic heterocycles. The average Bonchev–Trinajstić information content (AvgIpc) is 3.12. The van der Waals surface area contributed by atoms with Crippen molar-refractivity contribution < 1.29 is 4.39 Å². The van der Waals surface area contributed by atoms with Gasteiger partial charge in [0, 0.05) is 12.0 Å². The minimum atomic E-state index is -0.273. The first-order valence-electron chi connectivity index (χ1n) is 9.81. The van der Waals surface area contributed by atoms with Gasteiger partial charge in [0.05, 0.1) is 6.67 Å². The van der Waals surface area contributed by atoms with Gasteiger partial charge in [-0.2, -0.15) is 0 Å². The number of hydrogen-bond acceptors (Lipinski definition) is 1. The Kier molecular flexibility index (Phi) is 10.1. The summed E-state index contributed by atoms with van der Waals surface area (Å²) in [5.41, 5.74) is 0.957. The molecule has 0 radical (unpaired) electrons. The summed E-state index contributed by atoms with van der Waals surface area (Å²) < 4.78 is 14.1. The van der Waals surface area contributed by atoms with E-state index in [0.717, 1.165) is 38.1 Å². The molecule has 0 spiro atoms. The normalized spacial score (nSPS) is 19.7. The van der Waals surface area contributed by atoms with E-state index in [-0.39, 0.29) is 12.1 Å². The van der Waals surface area contributed by atoms with E-state index in [4.69, 9.17) is 0 Å². The predicted molar refractivity (Wildman–Crippen MR) is 105 cm³/mol. The van der Waals surface area contributed by atoms with Crippen LogP contribution in [0.4, 0.5) is 4.39 Å². The topological polar surface area (TPSA) is 12.0 Å². The van der Waals surface area contributed by atoms with Crippen molar-refractivity contribution in [1.82, 2.24) is 5.32 Å². The standard InChI is InChI=1S/C22H38FN/c1-5-19(6-2)14-16-22(4,18-23)21(15-17-24-7-3)13-12-20-10-8-9-11-20/h5,7,14,20-21,24H,1,3,6,8-13,15-18H2,2,4H3/b19-14+. The van der Waals surface area contributed by atoms with Gasteiger partial charge in [0.15, 0.2) is 0 Å². The van der Waals surface area contributed by atoms with Gasteiger partial charge in [0.25, 0.3) is 0 Å². The lowest BCUT2D eigenvalue weighted by atomic mass is 9.70. The minimum Gasteiger partial charge on any atom is -0.391 e. The first-order chi connectivity index (χ1) is 11.6. The molecule has 24 heavy (non-hydrogen) atoms. The second-order valence-electron chi connectivity index (χ2n) is 7.70. The highest BCUT2D eigenvalue weighted by atomic mass is 19.1. The van der Waals surface area contributed by atoms with Crippen LogP contribution in [-0.4, -0.2) is 13.2 Å². The zero-order chi connectivity index (χ0) is 17.8. The van der Waals surface area contributed by atoms with Crippen LogP contribution in [-0.2, 0) is 0 Å². The van der Waals surface area contributed by atoms with Gasteiger partial charge < -0.3 is 5.32 Å². The third kappa shape index (κ3) is 6.83. The van der Waals surface area contributed by atoms with E-state index in [1.54, 1.807) is 6.20 Å². The lowest BCUT2D eigenvalue weighted by Crippen LogP contribution is -2.32. The molecule has 2 atom stereocenters. The summed E-state index contributed by atoms with van der Waals surface area (Å²) in [6, 6.07) is 0. The summed E-state index contributed by atoms with van der Waals surface area (Å²) in [5, 5.41) is 3.20. The van der Waals surface area contributed by atoms with Crippen LogP contribution in [0, 0.1) is 17.3 Å². The Labute approximate surface area is 149 Å². The van der Waals surface area contributed by atoms with Gasteiger partial charge in [-0.25, -0.2) is 0 Å². The summed E-state index contributed by atoms with van der Waals surface area (Å²) in [5.74, 6) is 1.29. The Balaban J connectivity index is 2.74. The number of alkyl halides is 1. The molecule has 1 aliphatic rings. The molecule has 0 bridgehead atoms. The molecule has 2 heteroatoms. The highest BCUT2D eigenvalue weighted by Crippen LogP contribution is 2.40. The first kappa shape index (κ1) is 21.0. The molecule has 2 unspecified atom stereocenters. The molecule has 1 fully saturated rings. The molecule has 0 amide bonds. The fraction of sp³-hybridized carbons (Fsp3) is 0.727. The number of nitrogens with one attached hydrogen (secondary N) is 1. The van der Waals surface area contributed by atoms with Crippen LogP contribution in [0.25, 0.3) is 0 Å². The van der Waals surface area contributed by atoms with Crippen molar-refractivity contribution in [3.8, 4) is 0 Å². The van der Waals surface area contributed by atoms with Crippen molar-refractivity contribution in [3.05, 3.63) is 37.1 Å². The van der Waals surface area contributed by atoms with Crippen molar-refractivity contribution in [2.75, 3.05) is 13.2 Å². The number of hydrogen-bond donors (Lipinski definition) is 1. The zero-order valence-corrected chi connectivity index (χ0v) is 16.0. The third-order valence-electron chi connectivity index (χ3n) is 5.97. The Bertz CT molecular complexity index is 395. The van der Waals surface area contributed by atoms with Crippen LogP contribution in [0.15, 0.2) is 37.1 Å². The fourth-order valence-electron chi connectivity index (χ4n) is 4.00. The van der Waals surface area contributed by atoms with Gasteiger partial charge in [-0.1, -0.05) is 76.8 Å². The second kappa shape index (κ2) is 11.5. The maximum absolute atomic E-state index is 14.1. The molecular weight excluding hydrogens is 297 g/mol. The van der Waals surface area contributed by atoms with Crippen molar-refractivity contribution in [1.29, 1.82) is 0 Å². The third-order valence-corrected chi connectivity index (χ3v) is 5.97. The number of halogens is 1. The number of allylic oxidation sites excluding steroid dienone is 3. The number of rotatable bonds is 13.